The molecule has 0 heterocycles. The number of nitrogens with zero attached hydrogens (tertiary/aromatic N) is 1. The number of nitrogens with two attached hydrogens (primary N) is 1. The van der Waals surface area contributed by atoms with Crippen molar-refractivity contribution in [1.82, 2.24) is 10.2 Å². The van der Waals surface area contributed by atoms with Gasteiger partial charge in [0.1, 0.15) is 0 Å². The van der Waals surface area contributed by atoms with Crippen LogP contribution in [0.4, 0.5) is 0 Å². The van der Waals surface area contributed by atoms with Crippen molar-refractivity contribution in [2.45, 2.75) is 32.4 Å². The van der Waals surface area contributed by atoms with Gasteiger partial charge in [0.25, 0.3) is 0 Å². The predicted octanol–water partition coefficient (Wildman–Crippen LogP) is 2.43. The van der Waals surface area contributed by atoms with Gasteiger partial charge in [-0.1, -0.05) is 43.6 Å². The molecule has 21 heavy (non-hydrogen) atoms. The molecule has 0 fully saturated rings. The molecule has 3 N–H and O–H groups in total. The number of carbonyl (C=O) groups is 1. The van der Waals surface area contributed by atoms with E-state index in [-0.39, 0.29) is 23.9 Å². The third-order valence-corrected chi connectivity index (χ3v) is 4.18. The molecule has 0 saturated heterocycles. The van der Waals surface area contributed by atoms with Crippen LogP contribution >= 0.6 is 11.6 Å². The summed E-state index contributed by atoms with van der Waals surface area (Å²) in [6.45, 7) is 4.60. The van der Waals surface area contributed by atoms with Gasteiger partial charge in [-0.3, -0.25) is 9.69 Å². The third kappa shape index (κ3) is 4.70. The predicted molar refractivity (Wildman–Crippen MR) is 88.3 cm³/mol. The second-order valence-electron chi connectivity index (χ2n) is 5.49. The zero-order valence-electron chi connectivity index (χ0n) is 13.3. The number of hydrogen-bond acceptors (Lipinski definition) is 3. The van der Waals surface area contributed by atoms with Gasteiger partial charge < -0.3 is 11.1 Å². The quantitative estimate of drug-likeness (QED) is 0.813. The molecule has 0 aliphatic rings. The SMILES string of the molecule is CCC(N)C(c1ccccc1Cl)N(C)CC(C)C(=O)NC. The van der Waals surface area contributed by atoms with Gasteiger partial charge in [-0.2, -0.15) is 0 Å². The molecule has 0 bridgehead atoms. The second-order valence-corrected chi connectivity index (χ2v) is 5.90. The maximum Gasteiger partial charge on any atom is 0.223 e. The number of halogens is 1. The van der Waals surface area contributed by atoms with Gasteiger partial charge in [-0.15, -0.1) is 0 Å². The average molecular weight is 312 g/mol. The fourth-order valence-electron chi connectivity index (χ4n) is 2.61. The number of hydrogen-bond donors (Lipinski definition) is 2. The van der Waals surface area contributed by atoms with Crippen molar-refractivity contribution < 1.29 is 4.79 Å². The summed E-state index contributed by atoms with van der Waals surface area (Å²) >= 11 is 6.33. The maximum absolute atomic E-state index is 11.7. The summed E-state index contributed by atoms with van der Waals surface area (Å²) in [5.41, 5.74) is 7.32. The average Bonchev–Trinajstić information content (AvgIpc) is 2.48. The monoisotopic (exact) mass is 311 g/mol. The molecular formula is C16H26ClN3O. The van der Waals surface area contributed by atoms with Crippen LogP contribution in [-0.4, -0.2) is 37.5 Å². The lowest BCUT2D eigenvalue weighted by molar-refractivity contribution is -0.124. The Morgan fingerprint density at radius 1 is 1.43 bits per heavy atom. The number of benzene rings is 1. The summed E-state index contributed by atoms with van der Waals surface area (Å²) in [7, 11) is 3.64. The first-order chi connectivity index (χ1) is 9.92. The van der Waals surface area contributed by atoms with Gasteiger partial charge >= 0.3 is 0 Å². The van der Waals surface area contributed by atoms with E-state index in [1.807, 2.05) is 38.2 Å². The van der Waals surface area contributed by atoms with Crippen molar-refractivity contribution >= 4 is 17.5 Å². The Hall–Kier alpha value is -1.10. The van der Waals surface area contributed by atoms with E-state index in [0.717, 1.165) is 12.0 Å². The van der Waals surface area contributed by atoms with Gasteiger partial charge in [-0.25, -0.2) is 0 Å². The molecule has 0 spiro atoms. The van der Waals surface area contributed by atoms with E-state index < -0.39 is 0 Å². The van der Waals surface area contributed by atoms with Crippen LogP contribution in [0.3, 0.4) is 0 Å². The number of amides is 1. The first kappa shape index (κ1) is 18.0. The number of nitrogens with one attached hydrogen (secondary N) is 1. The maximum atomic E-state index is 11.7. The molecular weight excluding hydrogens is 286 g/mol. The second kappa shape index (κ2) is 8.37. The minimum atomic E-state index is -0.103. The zero-order chi connectivity index (χ0) is 16.0. The highest BCUT2D eigenvalue weighted by Crippen LogP contribution is 2.30. The van der Waals surface area contributed by atoms with Gasteiger partial charge in [0, 0.05) is 30.6 Å². The molecule has 1 aromatic rings. The topological polar surface area (TPSA) is 58.4 Å². The molecule has 5 heteroatoms. The first-order valence-electron chi connectivity index (χ1n) is 7.34. The fraction of sp³-hybridized carbons (Fsp3) is 0.562. The van der Waals surface area contributed by atoms with Crippen molar-refractivity contribution in [3.05, 3.63) is 34.9 Å². The molecule has 1 amide bonds. The van der Waals surface area contributed by atoms with Crippen LogP contribution in [0.2, 0.25) is 5.02 Å². The smallest absolute Gasteiger partial charge is 0.223 e. The van der Waals surface area contributed by atoms with E-state index in [0.29, 0.717) is 11.6 Å². The Bertz CT molecular complexity index is 467. The molecule has 0 aromatic heterocycles. The normalized spacial score (nSPS) is 15.6. The van der Waals surface area contributed by atoms with Crippen LogP contribution in [0.15, 0.2) is 24.3 Å². The Morgan fingerprint density at radius 3 is 2.57 bits per heavy atom. The van der Waals surface area contributed by atoms with Crippen molar-refractivity contribution in [3.8, 4) is 0 Å². The summed E-state index contributed by atoms with van der Waals surface area (Å²) in [5.74, 6) is -0.0705. The third-order valence-electron chi connectivity index (χ3n) is 3.83. The number of carbonyl (C=O) groups excluding carboxylic acids is 1. The lowest BCUT2D eigenvalue weighted by atomic mass is 9.95. The highest BCUT2D eigenvalue weighted by molar-refractivity contribution is 6.31. The lowest BCUT2D eigenvalue weighted by Crippen LogP contribution is -2.43. The largest absolute Gasteiger partial charge is 0.359 e. The summed E-state index contributed by atoms with van der Waals surface area (Å²) < 4.78 is 0. The van der Waals surface area contributed by atoms with Gasteiger partial charge in [0.2, 0.25) is 5.91 Å². The van der Waals surface area contributed by atoms with E-state index in [2.05, 4.69) is 17.1 Å². The fourth-order valence-corrected chi connectivity index (χ4v) is 2.86. The van der Waals surface area contributed by atoms with E-state index in [1.165, 1.54) is 0 Å². The number of likely N-dealkylation sites (N-methyl/N-ethyl adjacent to an activating group) is 1. The van der Waals surface area contributed by atoms with E-state index in [9.17, 15) is 4.79 Å². The minimum Gasteiger partial charge on any atom is -0.359 e. The van der Waals surface area contributed by atoms with Gasteiger partial charge in [0.15, 0.2) is 0 Å². The van der Waals surface area contributed by atoms with Gasteiger partial charge in [0.05, 0.1) is 6.04 Å². The van der Waals surface area contributed by atoms with Crippen LogP contribution < -0.4 is 11.1 Å². The van der Waals surface area contributed by atoms with Crippen LogP contribution in [0, 0.1) is 5.92 Å². The van der Waals surface area contributed by atoms with E-state index >= 15 is 0 Å². The van der Waals surface area contributed by atoms with Crippen LogP contribution in [0.1, 0.15) is 31.9 Å². The standard InChI is InChI=1S/C16H26ClN3O/c1-5-14(18)15(12-8-6-7-9-13(12)17)20(4)10-11(2)16(21)19-3/h6-9,11,14-15H,5,10,18H2,1-4H3,(H,19,21). The Labute approximate surface area is 132 Å². The van der Waals surface area contributed by atoms with E-state index in [4.69, 9.17) is 17.3 Å². The first-order valence-corrected chi connectivity index (χ1v) is 7.72. The van der Waals surface area contributed by atoms with Gasteiger partial charge in [-0.05, 0) is 25.1 Å². The Kier molecular flexibility index (Phi) is 7.15. The molecule has 118 valence electrons. The summed E-state index contributed by atoms with van der Waals surface area (Å²) in [6.07, 6.45) is 0.842. The Morgan fingerprint density at radius 2 is 2.05 bits per heavy atom. The van der Waals surface area contributed by atoms with Crippen LogP contribution in [-0.2, 0) is 4.79 Å². The molecule has 0 aliphatic carbocycles. The molecule has 0 radical (unpaired) electrons. The molecule has 4 nitrogen and oxygen atoms in total. The Balaban J connectivity index is 2.98. The molecule has 1 aromatic carbocycles. The minimum absolute atomic E-state index is 0.00388. The van der Waals surface area contributed by atoms with Crippen molar-refractivity contribution in [3.63, 3.8) is 0 Å². The number of rotatable bonds is 7. The van der Waals surface area contributed by atoms with Crippen molar-refractivity contribution in [2.75, 3.05) is 20.6 Å². The summed E-state index contributed by atoms with van der Waals surface area (Å²) in [4.78, 5) is 13.8. The summed E-state index contributed by atoms with van der Waals surface area (Å²) in [6, 6.07) is 7.72. The van der Waals surface area contributed by atoms with Crippen molar-refractivity contribution in [2.24, 2.45) is 11.7 Å². The van der Waals surface area contributed by atoms with Crippen LogP contribution in [0.5, 0.6) is 0 Å². The molecule has 3 unspecified atom stereocenters. The molecule has 0 saturated carbocycles. The highest BCUT2D eigenvalue weighted by Gasteiger charge is 2.27. The molecule has 3 atom stereocenters. The summed E-state index contributed by atoms with van der Waals surface area (Å²) in [5, 5.41) is 3.39. The lowest BCUT2D eigenvalue weighted by Gasteiger charge is -2.34. The molecule has 1 rings (SSSR count). The molecule has 0 aliphatic heterocycles. The van der Waals surface area contributed by atoms with Crippen molar-refractivity contribution in [1.29, 1.82) is 0 Å². The zero-order valence-corrected chi connectivity index (χ0v) is 14.0. The van der Waals surface area contributed by atoms with Crippen LogP contribution in [0.25, 0.3) is 0 Å². The highest BCUT2D eigenvalue weighted by atomic mass is 35.5. The van der Waals surface area contributed by atoms with E-state index in [1.54, 1.807) is 7.05 Å².